The quantitative estimate of drug-likeness (QED) is 0.799. The Hall–Kier alpha value is -3.16. The van der Waals surface area contributed by atoms with Crippen LogP contribution in [-0.2, 0) is 0 Å². The Morgan fingerprint density at radius 1 is 1.35 bits per heavy atom. The van der Waals surface area contributed by atoms with Crippen molar-refractivity contribution in [1.29, 1.82) is 0 Å². The van der Waals surface area contributed by atoms with Crippen molar-refractivity contribution in [2.24, 2.45) is 0 Å². The number of amides is 2. The van der Waals surface area contributed by atoms with E-state index < -0.39 is 0 Å². The number of furan rings is 1. The molecule has 0 aliphatic rings. The molecule has 1 N–H and O–H groups in total. The van der Waals surface area contributed by atoms with Crippen LogP contribution in [0, 0.1) is 0 Å². The largest absolute Gasteiger partial charge is 0.467 e. The van der Waals surface area contributed by atoms with Crippen LogP contribution in [0.1, 0.15) is 18.7 Å². The number of carbonyl (C=O) groups is 1. The minimum atomic E-state index is -0.262. The summed E-state index contributed by atoms with van der Waals surface area (Å²) in [6.07, 6.45) is 8.03. The van der Waals surface area contributed by atoms with Crippen molar-refractivity contribution < 1.29 is 9.21 Å². The molecular formula is C15H16N6O2. The third kappa shape index (κ3) is 3.20. The smallest absolute Gasteiger partial charge is 0.322 e. The lowest BCUT2D eigenvalue weighted by atomic mass is 10.2. The molecule has 0 spiro atoms. The van der Waals surface area contributed by atoms with Crippen LogP contribution in [0.3, 0.4) is 0 Å². The number of hydrogen-bond acceptors (Lipinski definition) is 5. The molecule has 8 heteroatoms. The second-order valence-electron chi connectivity index (χ2n) is 4.95. The molecule has 0 radical (unpaired) electrons. The van der Waals surface area contributed by atoms with E-state index in [4.69, 9.17) is 4.42 Å². The van der Waals surface area contributed by atoms with E-state index in [9.17, 15) is 4.79 Å². The van der Waals surface area contributed by atoms with Gasteiger partial charge in [-0.2, -0.15) is 5.10 Å². The maximum Gasteiger partial charge on any atom is 0.322 e. The van der Waals surface area contributed by atoms with Gasteiger partial charge in [0.2, 0.25) is 5.95 Å². The van der Waals surface area contributed by atoms with Crippen molar-refractivity contribution >= 4 is 11.7 Å². The van der Waals surface area contributed by atoms with E-state index in [1.807, 2.05) is 13.0 Å². The molecule has 23 heavy (non-hydrogen) atoms. The van der Waals surface area contributed by atoms with Gasteiger partial charge in [0.25, 0.3) is 0 Å². The van der Waals surface area contributed by atoms with E-state index in [1.54, 1.807) is 55.1 Å². The molecule has 0 fully saturated rings. The summed E-state index contributed by atoms with van der Waals surface area (Å²) in [5.74, 6) is 1.15. The first-order chi connectivity index (χ1) is 11.1. The van der Waals surface area contributed by atoms with E-state index >= 15 is 0 Å². The zero-order valence-electron chi connectivity index (χ0n) is 12.7. The molecule has 0 aliphatic heterocycles. The lowest BCUT2D eigenvalue weighted by molar-refractivity contribution is 0.201. The molecule has 0 unspecified atom stereocenters. The minimum Gasteiger partial charge on any atom is -0.467 e. The van der Waals surface area contributed by atoms with E-state index in [2.05, 4.69) is 20.4 Å². The lowest BCUT2D eigenvalue weighted by Crippen LogP contribution is -2.33. The SMILES string of the molecule is C[C@H](c1ccco1)N(C)C(=O)Nc1cnn(-c2ncccn2)c1. The molecule has 0 bridgehead atoms. The molecule has 3 aromatic heterocycles. The van der Waals surface area contributed by atoms with Gasteiger partial charge in [-0.15, -0.1) is 0 Å². The summed E-state index contributed by atoms with van der Waals surface area (Å²) < 4.78 is 6.82. The van der Waals surface area contributed by atoms with Crippen LogP contribution in [0.25, 0.3) is 5.95 Å². The fourth-order valence-corrected chi connectivity index (χ4v) is 2.01. The van der Waals surface area contributed by atoms with Crippen molar-refractivity contribution in [3.05, 3.63) is 55.0 Å². The monoisotopic (exact) mass is 312 g/mol. The predicted molar refractivity (Wildman–Crippen MR) is 83.1 cm³/mol. The van der Waals surface area contributed by atoms with Crippen molar-refractivity contribution in [3.8, 4) is 5.95 Å². The first kappa shape index (κ1) is 14.8. The summed E-state index contributed by atoms with van der Waals surface area (Å²) in [5, 5.41) is 6.91. The summed E-state index contributed by atoms with van der Waals surface area (Å²) >= 11 is 0. The van der Waals surface area contributed by atoms with Crippen molar-refractivity contribution in [1.82, 2.24) is 24.6 Å². The number of anilines is 1. The first-order valence-electron chi connectivity index (χ1n) is 7.04. The molecule has 118 valence electrons. The third-order valence-corrected chi connectivity index (χ3v) is 3.45. The highest BCUT2D eigenvalue weighted by Crippen LogP contribution is 2.20. The summed E-state index contributed by atoms with van der Waals surface area (Å²) in [5.41, 5.74) is 0.556. The van der Waals surface area contributed by atoms with Gasteiger partial charge in [-0.3, -0.25) is 0 Å². The summed E-state index contributed by atoms with van der Waals surface area (Å²) in [7, 11) is 1.70. The molecule has 2 amide bonds. The Morgan fingerprint density at radius 3 is 2.83 bits per heavy atom. The topological polar surface area (TPSA) is 89.1 Å². The maximum atomic E-state index is 12.3. The normalized spacial score (nSPS) is 11.9. The van der Waals surface area contributed by atoms with E-state index in [0.717, 1.165) is 5.76 Å². The van der Waals surface area contributed by atoms with Gasteiger partial charge in [0.1, 0.15) is 5.76 Å². The van der Waals surface area contributed by atoms with Crippen LogP contribution in [0.4, 0.5) is 10.5 Å². The van der Waals surface area contributed by atoms with Gasteiger partial charge >= 0.3 is 6.03 Å². The molecule has 8 nitrogen and oxygen atoms in total. The standard InChI is InChI=1S/C15H16N6O2/c1-11(13-5-3-8-23-13)20(2)15(22)19-12-9-18-21(10-12)14-16-6-4-7-17-14/h3-11H,1-2H3,(H,19,22)/t11-/m1/s1. The average Bonchev–Trinajstić information content (AvgIpc) is 3.26. The van der Waals surface area contributed by atoms with Crippen LogP contribution in [-0.4, -0.2) is 37.7 Å². The second-order valence-corrected chi connectivity index (χ2v) is 4.95. The summed E-state index contributed by atoms with van der Waals surface area (Å²) in [6, 6.07) is 4.90. The molecule has 0 saturated carbocycles. The highest BCUT2D eigenvalue weighted by atomic mass is 16.3. The van der Waals surface area contributed by atoms with Gasteiger partial charge in [-0.1, -0.05) is 0 Å². The Morgan fingerprint density at radius 2 is 2.13 bits per heavy atom. The van der Waals surface area contributed by atoms with Gasteiger partial charge in [0.15, 0.2) is 0 Å². The summed E-state index contributed by atoms with van der Waals surface area (Å²) in [6.45, 7) is 1.89. The molecular weight excluding hydrogens is 296 g/mol. The third-order valence-electron chi connectivity index (χ3n) is 3.45. The van der Waals surface area contributed by atoms with Crippen molar-refractivity contribution in [2.75, 3.05) is 12.4 Å². The zero-order valence-corrected chi connectivity index (χ0v) is 12.7. The van der Waals surface area contributed by atoms with Gasteiger partial charge in [-0.05, 0) is 25.1 Å². The van der Waals surface area contributed by atoms with Gasteiger partial charge in [0.05, 0.1) is 30.4 Å². The van der Waals surface area contributed by atoms with Crippen LogP contribution in [0.5, 0.6) is 0 Å². The Balaban J connectivity index is 1.67. The Bertz CT molecular complexity index is 768. The van der Waals surface area contributed by atoms with Gasteiger partial charge in [0, 0.05) is 19.4 Å². The minimum absolute atomic E-state index is 0.183. The number of urea groups is 1. The van der Waals surface area contributed by atoms with Crippen LogP contribution < -0.4 is 5.32 Å². The fourth-order valence-electron chi connectivity index (χ4n) is 2.01. The molecule has 0 aliphatic carbocycles. The number of nitrogens with one attached hydrogen (secondary N) is 1. The molecule has 3 heterocycles. The number of nitrogens with zero attached hydrogens (tertiary/aromatic N) is 5. The summed E-state index contributed by atoms with van der Waals surface area (Å²) in [4.78, 5) is 22.0. The van der Waals surface area contributed by atoms with E-state index in [-0.39, 0.29) is 12.1 Å². The second kappa shape index (κ2) is 6.30. The number of hydrogen-bond donors (Lipinski definition) is 1. The Kier molecular flexibility index (Phi) is 4.05. The highest BCUT2D eigenvalue weighted by Gasteiger charge is 2.20. The average molecular weight is 312 g/mol. The maximum absolute atomic E-state index is 12.3. The number of aromatic nitrogens is 4. The van der Waals surface area contributed by atoms with Crippen LogP contribution in [0.15, 0.2) is 53.7 Å². The Labute approximate surface area is 132 Å². The highest BCUT2D eigenvalue weighted by molar-refractivity contribution is 5.89. The van der Waals surface area contributed by atoms with Crippen LogP contribution in [0.2, 0.25) is 0 Å². The van der Waals surface area contributed by atoms with Crippen molar-refractivity contribution in [2.45, 2.75) is 13.0 Å². The molecule has 3 rings (SSSR count). The molecule has 1 atom stereocenters. The van der Waals surface area contributed by atoms with Gasteiger partial charge in [-0.25, -0.2) is 19.4 Å². The predicted octanol–water partition coefficient (Wildman–Crippen LogP) is 2.48. The molecule has 3 aromatic rings. The lowest BCUT2D eigenvalue weighted by Gasteiger charge is -2.23. The van der Waals surface area contributed by atoms with E-state index in [1.165, 1.54) is 4.68 Å². The van der Waals surface area contributed by atoms with Crippen molar-refractivity contribution in [3.63, 3.8) is 0 Å². The molecule has 0 aromatic carbocycles. The number of rotatable bonds is 4. The first-order valence-corrected chi connectivity index (χ1v) is 7.04. The molecule has 0 saturated heterocycles. The van der Waals surface area contributed by atoms with Crippen LogP contribution >= 0.6 is 0 Å². The number of carbonyl (C=O) groups excluding carboxylic acids is 1. The van der Waals surface area contributed by atoms with E-state index in [0.29, 0.717) is 11.6 Å². The van der Waals surface area contributed by atoms with Gasteiger partial charge < -0.3 is 14.6 Å². The fraction of sp³-hybridized carbons (Fsp3) is 0.200. The zero-order chi connectivity index (χ0) is 16.2.